The van der Waals surface area contributed by atoms with Crippen molar-refractivity contribution < 1.29 is 4.74 Å². The molecular formula is C15H21N5O. The van der Waals surface area contributed by atoms with Crippen LogP contribution >= 0.6 is 0 Å². The number of anilines is 3. The molecule has 0 fully saturated rings. The third kappa shape index (κ3) is 4.05. The number of rotatable bonds is 6. The molecule has 0 saturated heterocycles. The van der Waals surface area contributed by atoms with E-state index in [4.69, 9.17) is 4.74 Å². The van der Waals surface area contributed by atoms with Crippen LogP contribution < -0.4 is 15.4 Å². The Bertz CT molecular complexity index is 591. The van der Waals surface area contributed by atoms with Gasteiger partial charge in [-0.2, -0.15) is 15.0 Å². The minimum atomic E-state index is 0.316. The smallest absolute Gasteiger partial charge is 0.323 e. The molecule has 0 spiro atoms. The molecule has 0 aliphatic heterocycles. The molecule has 1 aromatic heterocycles. The van der Waals surface area contributed by atoms with Crippen molar-refractivity contribution in [3.8, 4) is 6.01 Å². The molecule has 6 nitrogen and oxygen atoms in total. The second-order valence-corrected chi connectivity index (χ2v) is 4.67. The normalized spacial score (nSPS) is 10.3. The third-order valence-electron chi connectivity index (χ3n) is 2.86. The third-order valence-corrected chi connectivity index (χ3v) is 2.86. The van der Waals surface area contributed by atoms with E-state index in [0.717, 1.165) is 17.8 Å². The van der Waals surface area contributed by atoms with E-state index < -0.39 is 0 Å². The van der Waals surface area contributed by atoms with Crippen LogP contribution in [0, 0.1) is 13.8 Å². The number of aryl methyl sites for hydroxylation is 2. The van der Waals surface area contributed by atoms with E-state index in [9.17, 15) is 0 Å². The van der Waals surface area contributed by atoms with Crippen LogP contribution in [0.3, 0.4) is 0 Å². The lowest BCUT2D eigenvalue weighted by Gasteiger charge is -2.11. The fraction of sp³-hybridized carbons (Fsp3) is 0.400. The molecule has 1 aromatic carbocycles. The summed E-state index contributed by atoms with van der Waals surface area (Å²) in [5, 5.41) is 6.30. The second kappa shape index (κ2) is 6.88. The van der Waals surface area contributed by atoms with Gasteiger partial charge in [-0.05, 0) is 44.9 Å². The van der Waals surface area contributed by atoms with E-state index in [1.54, 1.807) is 0 Å². The van der Waals surface area contributed by atoms with Gasteiger partial charge in [0.15, 0.2) is 0 Å². The molecule has 0 amide bonds. The maximum absolute atomic E-state index is 5.38. The monoisotopic (exact) mass is 287 g/mol. The lowest BCUT2D eigenvalue weighted by Crippen LogP contribution is -2.09. The summed E-state index contributed by atoms with van der Waals surface area (Å²) in [4.78, 5) is 12.8. The van der Waals surface area contributed by atoms with Crippen molar-refractivity contribution in [1.82, 2.24) is 15.0 Å². The van der Waals surface area contributed by atoms with Gasteiger partial charge >= 0.3 is 6.01 Å². The standard InChI is InChI=1S/C15H21N5O/c1-5-16-13-18-14(20-15(19-13)21-6-2)17-12-9-10(3)7-8-11(12)4/h7-9H,5-6H2,1-4H3,(H2,16,17,18,19,20). The van der Waals surface area contributed by atoms with Gasteiger partial charge in [-0.3, -0.25) is 0 Å². The largest absolute Gasteiger partial charge is 0.464 e. The van der Waals surface area contributed by atoms with Gasteiger partial charge in [0.1, 0.15) is 0 Å². The van der Waals surface area contributed by atoms with Crippen molar-refractivity contribution in [2.45, 2.75) is 27.7 Å². The summed E-state index contributed by atoms with van der Waals surface area (Å²) in [6.45, 7) is 9.22. The SMILES string of the molecule is CCNc1nc(Nc2cc(C)ccc2C)nc(OCC)n1. The molecule has 0 aliphatic carbocycles. The lowest BCUT2D eigenvalue weighted by atomic mass is 10.1. The summed E-state index contributed by atoms with van der Waals surface area (Å²) in [6, 6.07) is 6.51. The summed E-state index contributed by atoms with van der Waals surface area (Å²) in [7, 11) is 0. The Morgan fingerprint density at radius 2 is 1.81 bits per heavy atom. The molecule has 2 N–H and O–H groups in total. The quantitative estimate of drug-likeness (QED) is 0.850. The number of benzene rings is 1. The zero-order chi connectivity index (χ0) is 15.2. The van der Waals surface area contributed by atoms with Gasteiger partial charge in [0, 0.05) is 12.2 Å². The topological polar surface area (TPSA) is 72.0 Å². The molecule has 0 unspecified atom stereocenters. The van der Waals surface area contributed by atoms with Gasteiger partial charge < -0.3 is 15.4 Å². The lowest BCUT2D eigenvalue weighted by molar-refractivity contribution is 0.312. The first-order chi connectivity index (χ1) is 10.1. The summed E-state index contributed by atoms with van der Waals surface area (Å²) < 4.78 is 5.38. The first kappa shape index (κ1) is 15.0. The molecule has 21 heavy (non-hydrogen) atoms. The van der Waals surface area contributed by atoms with Crippen LogP contribution in [0.25, 0.3) is 0 Å². The predicted octanol–water partition coefficient (Wildman–Crippen LogP) is 3.06. The maximum atomic E-state index is 5.38. The van der Waals surface area contributed by atoms with Gasteiger partial charge in [-0.1, -0.05) is 12.1 Å². The highest BCUT2D eigenvalue weighted by Crippen LogP contribution is 2.21. The van der Waals surface area contributed by atoms with E-state index in [-0.39, 0.29) is 0 Å². The van der Waals surface area contributed by atoms with Crippen molar-refractivity contribution in [2.75, 3.05) is 23.8 Å². The minimum Gasteiger partial charge on any atom is -0.464 e. The molecule has 0 aliphatic rings. The first-order valence-electron chi connectivity index (χ1n) is 7.09. The average Bonchev–Trinajstić information content (AvgIpc) is 2.43. The Kier molecular flexibility index (Phi) is 4.92. The Balaban J connectivity index is 2.31. The highest BCUT2D eigenvalue weighted by atomic mass is 16.5. The fourth-order valence-electron chi connectivity index (χ4n) is 1.83. The van der Waals surface area contributed by atoms with Gasteiger partial charge in [-0.15, -0.1) is 0 Å². The first-order valence-corrected chi connectivity index (χ1v) is 7.09. The number of nitrogens with one attached hydrogen (secondary N) is 2. The van der Waals surface area contributed by atoms with E-state index in [0.29, 0.717) is 24.5 Å². The predicted molar refractivity (Wildman–Crippen MR) is 84.4 cm³/mol. The zero-order valence-corrected chi connectivity index (χ0v) is 12.9. The Morgan fingerprint density at radius 3 is 2.52 bits per heavy atom. The molecule has 6 heteroatoms. The molecule has 1 heterocycles. The van der Waals surface area contributed by atoms with Gasteiger partial charge in [0.2, 0.25) is 11.9 Å². The van der Waals surface area contributed by atoms with Gasteiger partial charge in [0.05, 0.1) is 6.61 Å². The Labute approximate surface area is 125 Å². The van der Waals surface area contributed by atoms with E-state index in [1.807, 2.05) is 27.7 Å². The van der Waals surface area contributed by atoms with Crippen LogP contribution in [0.4, 0.5) is 17.6 Å². The number of hydrogen-bond acceptors (Lipinski definition) is 6. The summed E-state index contributed by atoms with van der Waals surface area (Å²) in [5.74, 6) is 0.974. The molecule has 0 radical (unpaired) electrons. The van der Waals surface area contributed by atoms with E-state index in [2.05, 4.69) is 43.8 Å². The van der Waals surface area contributed by atoms with Crippen LogP contribution in [0.2, 0.25) is 0 Å². The van der Waals surface area contributed by atoms with Crippen LogP contribution in [0.1, 0.15) is 25.0 Å². The van der Waals surface area contributed by atoms with Crippen molar-refractivity contribution >= 4 is 17.6 Å². The fourth-order valence-corrected chi connectivity index (χ4v) is 1.83. The molecule has 0 bridgehead atoms. The molecule has 2 rings (SSSR count). The van der Waals surface area contributed by atoms with Crippen molar-refractivity contribution in [3.05, 3.63) is 29.3 Å². The summed E-state index contributed by atoms with van der Waals surface area (Å²) in [6.07, 6.45) is 0. The highest BCUT2D eigenvalue weighted by Gasteiger charge is 2.08. The van der Waals surface area contributed by atoms with E-state index in [1.165, 1.54) is 5.56 Å². The molecule has 112 valence electrons. The highest BCUT2D eigenvalue weighted by molar-refractivity contribution is 5.60. The molecule has 0 saturated carbocycles. The molecular weight excluding hydrogens is 266 g/mol. The van der Waals surface area contributed by atoms with Crippen LogP contribution in [0.15, 0.2) is 18.2 Å². The summed E-state index contributed by atoms with van der Waals surface area (Å²) in [5.41, 5.74) is 3.28. The van der Waals surface area contributed by atoms with Crippen LogP contribution in [-0.4, -0.2) is 28.1 Å². The van der Waals surface area contributed by atoms with Gasteiger partial charge in [0.25, 0.3) is 0 Å². The number of hydrogen-bond donors (Lipinski definition) is 2. The minimum absolute atomic E-state index is 0.316. The average molecular weight is 287 g/mol. The van der Waals surface area contributed by atoms with Gasteiger partial charge in [-0.25, -0.2) is 0 Å². The molecule has 0 atom stereocenters. The Morgan fingerprint density at radius 1 is 1.05 bits per heavy atom. The summed E-state index contributed by atoms with van der Waals surface area (Å²) >= 11 is 0. The number of ether oxygens (including phenoxy) is 1. The van der Waals surface area contributed by atoms with Crippen LogP contribution in [-0.2, 0) is 0 Å². The zero-order valence-electron chi connectivity index (χ0n) is 12.9. The number of nitrogens with zero attached hydrogens (tertiary/aromatic N) is 3. The Hall–Kier alpha value is -2.37. The second-order valence-electron chi connectivity index (χ2n) is 4.67. The van der Waals surface area contributed by atoms with Crippen molar-refractivity contribution in [2.24, 2.45) is 0 Å². The molecule has 2 aromatic rings. The van der Waals surface area contributed by atoms with Crippen LogP contribution in [0.5, 0.6) is 6.01 Å². The van der Waals surface area contributed by atoms with Crippen molar-refractivity contribution in [3.63, 3.8) is 0 Å². The van der Waals surface area contributed by atoms with E-state index >= 15 is 0 Å². The maximum Gasteiger partial charge on any atom is 0.323 e. The number of aromatic nitrogens is 3. The van der Waals surface area contributed by atoms with Crippen molar-refractivity contribution in [1.29, 1.82) is 0 Å².